The van der Waals surface area contributed by atoms with Crippen molar-refractivity contribution in [1.82, 2.24) is 20.0 Å². The molecule has 4 N–H and O–H groups in total. The van der Waals surface area contributed by atoms with Crippen LogP contribution >= 0.6 is 23.4 Å². The molecule has 1 fully saturated rings. The molecule has 0 unspecified atom stereocenters. The van der Waals surface area contributed by atoms with Gasteiger partial charge in [-0.1, -0.05) is 79.0 Å². The van der Waals surface area contributed by atoms with Crippen molar-refractivity contribution in [3.05, 3.63) is 148 Å². The first kappa shape index (κ1) is 49.0. The molecule has 1 atom stereocenters. The van der Waals surface area contributed by atoms with Gasteiger partial charge in [0.05, 0.1) is 9.82 Å². The van der Waals surface area contributed by atoms with E-state index in [9.17, 15) is 28.1 Å². The molecule has 0 bridgehead atoms. The van der Waals surface area contributed by atoms with Crippen LogP contribution in [0, 0.1) is 10.1 Å². The molecule has 6 rings (SSSR count). The fraction of sp³-hybridized carbons (Fsp3) is 0.333. The first-order valence-electron chi connectivity index (χ1n) is 21.7. The number of carbonyl (C=O) groups excluding carboxylic acids is 2. The lowest BCUT2D eigenvalue weighted by Crippen LogP contribution is -2.46. The van der Waals surface area contributed by atoms with Crippen LogP contribution in [0.1, 0.15) is 54.4 Å². The average Bonchev–Trinajstić information content (AvgIpc) is 3.31. The van der Waals surface area contributed by atoms with Crippen LogP contribution in [0.2, 0.25) is 5.02 Å². The van der Waals surface area contributed by atoms with E-state index in [1.807, 2.05) is 67.7 Å². The van der Waals surface area contributed by atoms with Gasteiger partial charge in [0.1, 0.15) is 5.69 Å². The number of piperazine rings is 1. The van der Waals surface area contributed by atoms with Gasteiger partial charge in [0.25, 0.3) is 21.6 Å². The highest BCUT2D eigenvalue weighted by atomic mass is 35.5. The Morgan fingerprint density at radius 3 is 2.26 bits per heavy atom. The molecule has 1 heterocycles. The van der Waals surface area contributed by atoms with Gasteiger partial charge in [0.2, 0.25) is 5.91 Å². The number of unbranched alkanes of at least 4 members (excludes halogenated alkanes) is 3. The Balaban J connectivity index is 1.03. The van der Waals surface area contributed by atoms with Gasteiger partial charge in [-0.3, -0.25) is 29.8 Å². The predicted molar refractivity (Wildman–Crippen MR) is 258 cm³/mol. The van der Waals surface area contributed by atoms with Crippen LogP contribution in [0.25, 0.3) is 11.1 Å². The first-order chi connectivity index (χ1) is 31.4. The number of nitro benzene ring substituents is 1. The number of rotatable bonds is 23. The number of halogens is 1. The van der Waals surface area contributed by atoms with Crippen molar-refractivity contribution >= 4 is 62.3 Å². The third-order valence-electron chi connectivity index (χ3n) is 11.4. The molecule has 0 aliphatic carbocycles. The van der Waals surface area contributed by atoms with Crippen LogP contribution in [-0.2, 0) is 21.4 Å². The van der Waals surface area contributed by atoms with Gasteiger partial charge in [-0.15, -0.1) is 11.8 Å². The minimum Gasteiger partial charge on any atom is -0.376 e. The summed E-state index contributed by atoms with van der Waals surface area (Å²) < 4.78 is 29.1. The summed E-state index contributed by atoms with van der Waals surface area (Å²) in [6.07, 6.45) is 4.37. The van der Waals surface area contributed by atoms with Gasteiger partial charge in [-0.05, 0) is 117 Å². The molecule has 14 nitrogen and oxygen atoms in total. The van der Waals surface area contributed by atoms with Gasteiger partial charge >= 0.3 is 0 Å². The highest BCUT2D eigenvalue weighted by molar-refractivity contribution is 7.99. The van der Waals surface area contributed by atoms with E-state index in [4.69, 9.17) is 16.8 Å². The number of benzene rings is 5. The molecule has 1 saturated heterocycles. The van der Waals surface area contributed by atoms with Crippen LogP contribution in [0.5, 0.6) is 0 Å². The van der Waals surface area contributed by atoms with Crippen LogP contribution < -0.4 is 20.4 Å². The van der Waals surface area contributed by atoms with Crippen molar-refractivity contribution < 1.29 is 28.1 Å². The number of hydroxylamine groups is 1. The van der Waals surface area contributed by atoms with Gasteiger partial charge in [0.15, 0.2) is 0 Å². The maximum Gasteiger partial charge on any atom is 0.293 e. The van der Waals surface area contributed by atoms with Crippen molar-refractivity contribution in [2.24, 2.45) is 0 Å². The molecular weight excluding hydrogens is 886 g/mol. The van der Waals surface area contributed by atoms with Gasteiger partial charge < -0.3 is 15.1 Å². The summed E-state index contributed by atoms with van der Waals surface area (Å²) in [5.41, 5.74) is 5.98. The second kappa shape index (κ2) is 24.2. The number of hydrogen-bond acceptors (Lipinski definition) is 12. The molecule has 5 aromatic rings. The first-order valence-corrected chi connectivity index (χ1v) is 24.6. The minimum atomic E-state index is -4.48. The molecule has 5 aromatic carbocycles. The third kappa shape index (κ3) is 14.8. The summed E-state index contributed by atoms with van der Waals surface area (Å²) in [6, 6.07) is 36.2. The average molecular weight is 943 g/mol. The molecular formula is C48H56ClN7O7S2. The molecule has 0 aromatic heterocycles. The third-order valence-corrected chi connectivity index (χ3v) is 14.1. The number of thioether (sulfide) groups is 1. The summed E-state index contributed by atoms with van der Waals surface area (Å²) in [5.74, 6) is -0.642. The van der Waals surface area contributed by atoms with E-state index in [1.54, 1.807) is 41.5 Å². The van der Waals surface area contributed by atoms with Crippen LogP contribution in [0.3, 0.4) is 0 Å². The van der Waals surface area contributed by atoms with E-state index in [0.29, 0.717) is 30.2 Å². The SMILES string of the molecule is CN(CCCCCCC(=O)NO)CC[C@H](CSc1ccccc1)Nc1ccc(S(=O)(=O)NC(=O)c2ccc(N3CCN(Cc4ccccc4-c4ccc(Cl)cc4)CC3)cc2)cc1[N+](=O)[O-]. The zero-order chi connectivity index (χ0) is 46.2. The molecule has 1 aliphatic rings. The number of carbonyl (C=O) groups is 2. The van der Waals surface area contributed by atoms with Crippen LogP contribution in [0.15, 0.2) is 131 Å². The number of nitro groups is 1. The summed E-state index contributed by atoms with van der Waals surface area (Å²) in [6.45, 7) is 5.54. The molecule has 344 valence electrons. The second-order valence-electron chi connectivity index (χ2n) is 16.1. The Morgan fingerprint density at radius 1 is 0.862 bits per heavy atom. The van der Waals surface area contributed by atoms with Gasteiger partial charge in [0, 0.05) is 78.2 Å². The van der Waals surface area contributed by atoms with E-state index in [-0.39, 0.29) is 29.6 Å². The van der Waals surface area contributed by atoms with Crippen molar-refractivity contribution in [2.45, 2.75) is 60.9 Å². The largest absolute Gasteiger partial charge is 0.376 e. The second-order valence-corrected chi connectivity index (χ2v) is 19.3. The van der Waals surface area contributed by atoms with E-state index in [0.717, 1.165) is 80.7 Å². The van der Waals surface area contributed by atoms with E-state index in [2.05, 4.69) is 42.9 Å². The Kier molecular flexibility index (Phi) is 18.2. The van der Waals surface area contributed by atoms with Crippen LogP contribution in [0.4, 0.5) is 17.1 Å². The Morgan fingerprint density at radius 2 is 1.55 bits per heavy atom. The lowest BCUT2D eigenvalue weighted by Gasteiger charge is -2.36. The predicted octanol–water partition coefficient (Wildman–Crippen LogP) is 8.71. The summed E-state index contributed by atoms with van der Waals surface area (Å²) >= 11 is 7.74. The number of nitrogens with one attached hydrogen (secondary N) is 3. The van der Waals surface area contributed by atoms with Gasteiger partial charge in [-0.2, -0.15) is 0 Å². The minimum absolute atomic E-state index is 0.137. The molecule has 17 heteroatoms. The summed E-state index contributed by atoms with van der Waals surface area (Å²) in [5, 5.41) is 25.1. The number of anilines is 2. The van der Waals surface area contributed by atoms with Gasteiger partial charge in [-0.25, -0.2) is 18.6 Å². The number of amides is 2. The summed E-state index contributed by atoms with van der Waals surface area (Å²) in [7, 11) is -2.46. The lowest BCUT2D eigenvalue weighted by molar-refractivity contribution is -0.384. The molecule has 0 saturated carbocycles. The topological polar surface area (TPSA) is 177 Å². The van der Waals surface area contributed by atoms with Crippen molar-refractivity contribution in [3.63, 3.8) is 0 Å². The maximum atomic E-state index is 13.5. The highest BCUT2D eigenvalue weighted by Gasteiger charge is 2.26. The van der Waals surface area contributed by atoms with Crippen molar-refractivity contribution in [3.8, 4) is 11.1 Å². The highest BCUT2D eigenvalue weighted by Crippen LogP contribution is 2.31. The number of sulfonamides is 1. The molecule has 0 radical (unpaired) electrons. The van der Waals surface area contributed by atoms with Crippen molar-refractivity contribution in [1.29, 1.82) is 0 Å². The Hall–Kier alpha value is -5.49. The van der Waals surface area contributed by atoms with E-state index < -0.39 is 31.4 Å². The quantitative estimate of drug-likeness (QED) is 0.0161. The van der Waals surface area contributed by atoms with Crippen molar-refractivity contribution in [2.75, 3.05) is 62.3 Å². The normalized spacial score (nSPS) is 13.6. The zero-order valence-corrected chi connectivity index (χ0v) is 38.8. The molecule has 0 spiro atoms. The van der Waals surface area contributed by atoms with Crippen LogP contribution in [-0.4, -0.2) is 98.3 Å². The lowest BCUT2D eigenvalue weighted by atomic mass is 9.99. The standard InChI is InChI=1S/C48H56ClN7O7S2/c1-53(27-10-3-2-7-15-47(57)51-59)28-26-40(35-64-42-12-5-4-6-13-42)50-45-25-24-43(33-46(45)56(60)61)65(62,63)52-48(58)37-18-22-41(23-19-37)55-31-29-54(30-32-55)34-38-11-8-9-14-44(38)36-16-20-39(49)21-17-36/h4-6,8-9,11-14,16-25,33,40,50,59H,2-3,7,10,15,26-32,34-35H2,1H3,(H,51,57)(H,52,58)/t40-/m1/s1. The maximum absolute atomic E-state index is 13.5. The molecule has 1 aliphatic heterocycles. The van der Waals surface area contributed by atoms with E-state index in [1.165, 1.54) is 23.3 Å². The molecule has 2 amide bonds. The zero-order valence-electron chi connectivity index (χ0n) is 36.4. The number of nitrogens with zero attached hydrogens (tertiary/aromatic N) is 4. The molecule has 65 heavy (non-hydrogen) atoms. The monoisotopic (exact) mass is 941 g/mol. The summed E-state index contributed by atoms with van der Waals surface area (Å²) in [4.78, 5) is 43.8. The fourth-order valence-corrected chi connectivity index (χ4v) is 9.80. The Bertz CT molecular complexity index is 2460. The number of hydrogen-bond donors (Lipinski definition) is 4. The van der Waals surface area contributed by atoms with E-state index >= 15 is 0 Å². The smallest absolute Gasteiger partial charge is 0.293 e. The Labute approximate surface area is 390 Å². The fourth-order valence-electron chi connectivity index (χ4n) is 7.68.